The molecule has 0 heterocycles. The quantitative estimate of drug-likeness (QED) is 0.495. The molecule has 1 N–H and O–H groups in total. The Morgan fingerprint density at radius 1 is 0.944 bits per heavy atom. The average Bonchev–Trinajstić information content (AvgIpc) is 2.40. The van der Waals surface area contributed by atoms with Crippen molar-refractivity contribution in [3.63, 3.8) is 0 Å². The number of hydrogen-bond acceptors (Lipinski definition) is 2. The largest absolute Gasteiger partial charge is 0.467 e. The molecule has 0 radical (unpaired) electrons. The number of aliphatic hydroxyl groups excluding tert-OH is 1. The lowest BCUT2D eigenvalue weighted by atomic mass is 10.0. The molecule has 18 heavy (non-hydrogen) atoms. The van der Waals surface area contributed by atoms with Crippen molar-refractivity contribution in [1.29, 1.82) is 0 Å². The summed E-state index contributed by atoms with van der Waals surface area (Å²) in [6.07, 6.45) is 10.3. The molecule has 0 aromatic heterocycles. The summed E-state index contributed by atoms with van der Waals surface area (Å²) >= 11 is 0. The first-order chi connectivity index (χ1) is 8.88. The molecular weight excluding hydrogens is 224 g/mol. The molecule has 0 aliphatic carbocycles. The van der Waals surface area contributed by atoms with Crippen molar-refractivity contribution in [3.8, 4) is 5.75 Å². The molecule has 0 aliphatic rings. The highest BCUT2D eigenvalue weighted by atomic mass is 16.6. The van der Waals surface area contributed by atoms with Gasteiger partial charge in [0.15, 0.2) is 6.79 Å². The standard InChI is InChI=1S/C16H26O2/c1-2-3-4-5-6-7-8-11-15-12-9-10-13-16(15)18-14-17/h9-10,12-13,17H,2-8,11,14H2,1H3. The minimum atomic E-state index is -0.242. The van der Waals surface area contributed by atoms with E-state index >= 15 is 0 Å². The van der Waals surface area contributed by atoms with Gasteiger partial charge in [0.2, 0.25) is 0 Å². The first-order valence-corrected chi connectivity index (χ1v) is 7.20. The Morgan fingerprint density at radius 2 is 1.61 bits per heavy atom. The van der Waals surface area contributed by atoms with Crippen molar-refractivity contribution >= 4 is 0 Å². The number of aryl methyl sites for hydroxylation is 1. The third-order valence-corrected chi connectivity index (χ3v) is 3.24. The topological polar surface area (TPSA) is 29.5 Å². The summed E-state index contributed by atoms with van der Waals surface area (Å²) < 4.78 is 5.20. The van der Waals surface area contributed by atoms with E-state index in [4.69, 9.17) is 9.84 Å². The zero-order chi connectivity index (χ0) is 13.1. The zero-order valence-electron chi connectivity index (χ0n) is 11.5. The molecule has 0 saturated heterocycles. The van der Waals surface area contributed by atoms with Crippen LogP contribution in [0.4, 0.5) is 0 Å². The lowest BCUT2D eigenvalue weighted by molar-refractivity contribution is 0.0975. The minimum Gasteiger partial charge on any atom is -0.467 e. The molecule has 102 valence electrons. The van der Waals surface area contributed by atoms with Crippen molar-refractivity contribution in [2.45, 2.75) is 58.3 Å². The van der Waals surface area contributed by atoms with Crippen molar-refractivity contribution in [3.05, 3.63) is 29.8 Å². The maximum absolute atomic E-state index is 8.81. The summed E-state index contributed by atoms with van der Waals surface area (Å²) in [6, 6.07) is 7.98. The second kappa shape index (κ2) is 9.95. The molecule has 0 bridgehead atoms. The van der Waals surface area contributed by atoms with Crippen LogP contribution in [0, 0.1) is 0 Å². The molecule has 0 spiro atoms. The highest BCUT2D eigenvalue weighted by Gasteiger charge is 2.02. The highest BCUT2D eigenvalue weighted by molar-refractivity contribution is 5.33. The molecule has 2 heteroatoms. The van der Waals surface area contributed by atoms with Crippen LogP contribution in [0.3, 0.4) is 0 Å². The lowest BCUT2D eigenvalue weighted by Gasteiger charge is -2.09. The van der Waals surface area contributed by atoms with Gasteiger partial charge in [0, 0.05) is 0 Å². The van der Waals surface area contributed by atoms with Gasteiger partial charge in [0.25, 0.3) is 0 Å². The van der Waals surface area contributed by atoms with Crippen LogP contribution in [0.1, 0.15) is 57.4 Å². The average molecular weight is 250 g/mol. The van der Waals surface area contributed by atoms with Crippen LogP contribution in [-0.2, 0) is 6.42 Å². The van der Waals surface area contributed by atoms with Gasteiger partial charge in [-0.1, -0.05) is 63.6 Å². The zero-order valence-corrected chi connectivity index (χ0v) is 11.5. The van der Waals surface area contributed by atoms with Crippen LogP contribution in [0.2, 0.25) is 0 Å². The number of hydrogen-bond donors (Lipinski definition) is 1. The van der Waals surface area contributed by atoms with Gasteiger partial charge in [-0.3, -0.25) is 0 Å². The van der Waals surface area contributed by atoms with E-state index in [-0.39, 0.29) is 6.79 Å². The third-order valence-electron chi connectivity index (χ3n) is 3.24. The van der Waals surface area contributed by atoms with Gasteiger partial charge in [-0.2, -0.15) is 0 Å². The first-order valence-electron chi connectivity index (χ1n) is 7.20. The van der Waals surface area contributed by atoms with E-state index < -0.39 is 0 Å². The molecule has 0 atom stereocenters. The fourth-order valence-corrected chi connectivity index (χ4v) is 2.19. The van der Waals surface area contributed by atoms with Crippen molar-refractivity contribution in [1.82, 2.24) is 0 Å². The minimum absolute atomic E-state index is 0.242. The van der Waals surface area contributed by atoms with Crippen LogP contribution in [0.5, 0.6) is 5.75 Å². The molecule has 0 amide bonds. The van der Waals surface area contributed by atoms with Gasteiger partial charge in [0.05, 0.1) is 0 Å². The SMILES string of the molecule is CCCCCCCCCc1ccccc1OCO. The maximum Gasteiger partial charge on any atom is 0.186 e. The van der Waals surface area contributed by atoms with Gasteiger partial charge in [-0.25, -0.2) is 0 Å². The fourth-order valence-electron chi connectivity index (χ4n) is 2.19. The summed E-state index contributed by atoms with van der Waals surface area (Å²) in [7, 11) is 0. The van der Waals surface area contributed by atoms with E-state index in [2.05, 4.69) is 13.0 Å². The van der Waals surface area contributed by atoms with Gasteiger partial charge in [-0.05, 0) is 24.5 Å². The van der Waals surface area contributed by atoms with E-state index in [9.17, 15) is 0 Å². The van der Waals surface area contributed by atoms with E-state index in [1.807, 2.05) is 18.2 Å². The van der Waals surface area contributed by atoms with Crippen LogP contribution >= 0.6 is 0 Å². The first kappa shape index (κ1) is 15.0. The molecule has 0 fully saturated rings. The van der Waals surface area contributed by atoms with Gasteiger partial charge in [0.1, 0.15) is 5.75 Å². The third kappa shape index (κ3) is 6.06. The summed E-state index contributed by atoms with van der Waals surface area (Å²) in [5.41, 5.74) is 1.21. The van der Waals surface area contributed by atoms with Gasteiger partial charge >= 0.3 is 0 Å². The fraction of sp³-hybridized carbons (Fsp3) is 0.625. The Kier molecular flexibility index (Phi) is 8.32. The van der Waals surface area contributed by atoms with E-state index in [0.29, 0.717) is 0 Å². The second-order valence-corrected chi connectivity index (χ2v) is 4.75. The van der Waals surface area contributed by atoms with Crippen LogP contribution < -0.4 is 4.74 Å². The van der Waals surface area contributed by atoms with E-state index in [1.165, 1.54) is 50.5 Å². The molecule has 0 aliphatic heterocycles. The molecule has 0 saturated carbocycles. The molecule has 1 aromatic rings. The molecule has 1 rings (SSSR count). The number of aliphatic hydroxyl groups is 1. The highest BCUT2D eigenvalue weighted by Crippen LogP contribution is 2.20. The number of ether oxygens (including phenoxy) is 1. The number of unbranched alkanes of at least 4 members (excludes halogenated alkanes) is 6. The Bertz CT molecular complexity index is 310. The van der Waals surface area contributed by atoms with E-state index in [0.717, 1.165) is 12.2 Å². The molecular formula is C16H26O2. The van der Waals surface area contributed by atoms with Crippen molar-refractivity contribution in [2.75, 3.05) is 6.79 Å². The lowest BCUT2D eigenvalue weighted by Crippen LogP contribution is -1.98. The summed E-state index contributed by atoms with van der Waals surface area (Å²) in [4.78, 5) is 0. The Labute approximate surface area is 111 Å². The molecule has 0 unspecified atom stereocenters. The van der Waals surface area contributed by atoms with Crippen molar-refractivity contribution in [2.24, 2.45) is 0 Å². The Hall–Kier alpha value is -1.02. The monoisotopic (exact) mass is 250 g/mol. The van der Waals surface area contributed by atoms with Crippen LogP contribution in [-0.4, -0.2) is 11.9 Å². The summed E-state index contributed by atoms with van der Waals surface area (Å²) in [5.74, 6) is 0.825. The number of para-hydroxylation sites is 1. The van der Waals surface area contributed by atoms with Crippen LogP contribution in [0.25, 0.3) is 0 Å². The molecule has 2 nitrogen and oxygen atoms in total. The van der Waals surface area contributed by atoms with Crippen LogP contribution in [0.15, 0.2) is 24.3 Å². The Morgan fingerprint density at radius 3 is 2.33 bits per heavy atom. The van der Waals surface area contributed by atoms with Crippen molar-refractivity contribution < 1.29 is 9.84 Å². The number of benzene rings is 1. The normalized spacial score (nSPS) is 10.6. The predicted molar refractivity (Wildman–Crippen MR) is 75.9 cm³/mol. The smallest absolute Gasteiger partial charge is 0.186 e. The van der Waals surface area contributed by atoms with Gasteiger partial charge < -0.3 is 9.84 Å². The molecule has 1 aromatic carbocycles. The second-order valence-electron chi connectivity index (χ2n) is 4.75. The number of rotatable bonds is 10. The predicted octanol–water partition coefficient (Wildman–Crippen LogP) is 4.31. The van der Waals surface area contributed by atoms with Gasteiger partial charge in [-0.15, -0.1) is 0 Å². The maximum atomic E-state index is 8.81. The summed E-state index contributed by atoms with van der Waals surface area (Å²) in [6.45, 7) is 2.01. The van der Waals surface area contributed by atoms with E-state index in [1.54, 1.807) is 0 Å². The summed E-state index contributed by atoms with van der Waals surface area (Å²) in [5, 5.41) is 8.81. The Balaban J connectivity index is 2.18.